The highest BCUT2D eigenvalue weighted by Crippen LogP contribution is 2.09. The molecule has 34 heavy (non-hydrogen) atoms. The molecule has 0 aromatic heterocycles. The molecule has 0 fully saturated rings. The van der Waals surface area contributed by atoms with Crippen LogP contribution in [-0.2, 0) is 31.8 Å². The van der Waals surface area contributed by atoms with E-state index in [-0.39, 0.29) is 37.0 Å². The fourth-order valence-corrected chi connectivity index (χ4v) is 4.68. The van der Waals surface area contributed by atoms with Crippen LogP contribution in [0.15, 0.2) is 65.7 Å². The number of benzene rings is 2. The van der Waals surface area contributed by atoms with Gasteiger partial charge in [0.2, 0.25) is 21.8 Å². The van der Waals surface area contributed by atoms with Crippen LogP contribution in [0.5, 0.6) is 0 Å². The molecule has 184 valence electrons. The van der Waals surface area contributed by atoms with Gasteiger partial charge in [-0.1, -0.05) is 60.7 Å². The van der Waals surface area contributed by atoms with Gasteiger partial charge in [-0.3, -0.25) is 14.6 Å². The minimum absolute atomic E-state index is 0.0896. The number of likely N-dealkylation sites (N-methyl/N-ethyl adjacent to an activating group) is 1. The third kappa shape index (κ3) is 9.59. The molecule has 11 heteroatoms. The molecule has 10 nitrogen and oxygen atoms in total. The lowest BCUT2D eigenvalue weighted by molar-refractivity contribution is -0.129. The maximum absolute atomic E-state index is 13.1. The Hall–Kier alpha value is -3.44. The minimum atomic E-state index is -3.85. The smallest absolute Gasteiger partial charge is 0.242 e. The van der Waals surface area contributed by atoms with Gasteiger partial charge in [-0.2, -0.15) is 0 Å². The monoisotopic (exact) mass is 488 g/mol. The maximum Gasteiger partial charge on any atom is 0.242 e. The van der Waals surface area contributed by atoms with Crippen LogP contribution < -0.4 is 26.8 Å². The first-order valence-corrected chi connectivity index (χ1v) is 12.5. The highest BCUT2D eigenvalue weighted by Gasteiger charge is 2.28. The third-order valence-corrected chi connectivity index (χ3v) is 6.30. The molecule has 2 aromatic carbocycles. The van der Waals surface area contributed by atoms with Crippen LogP contribution in [0.2, 0.25) is 0 Å². The van der Waals surface area contributed by atoms with E-state index in [2.05, 4.69) is 20.3 Å². The average Bonchev–Trinajstić information content (AvgIpc) is 2.80. The van der Waals surface area contributed by atoms with E-state index < -0.39 is 28.0 Å². The standard InChI is InChI=1S/C23H32N6O4S/c1-26-21(30)20(15-17-9-4-2-5-10-17)28-22(31)19(13-8-14-27-23(24)25)29-34(32,33)16-18-11-6-3-7-12-18/h2-7,9-12,19-20,29H,8,13-16H2,1H3,(H,26,30)(H,28,31)(H4,24,25,27)/t19?,20-/m0/s1. The molecule has 2 atom stereocenters. The van der Waals surface area contributed by atoms with Gasteiger partial charge in [-0.05, 0) is 24.0 Å². The van der Waals surface area contributed by atoms with Crippen LogP contribution in [0.25, 0.3) is 0 Å². The summed E-state index contributed by atoms with van der Waals surface area (Å²) < 4.78 is 28.0. The number of hydrogen-bond donors (Lipinski definition) is 5. The SMILES string of the molecule is CNC(=O)[C@H](Cc1ccccc1)NC(=O)C(CCCN=C(N)N)NS(=O)(=O)Cc1ccccc1. The van der Waals surface area contributed by atoms with Crippen molar-refractivity contribution in [1.29, 1.82) is 0 Å². The van der Waals surface area contributed by atoms with Crippen molar-refractivity contribution in [2.24, 2.45) is 16.5 Å². The van der Waals surface area contributed by atoms with Gasteiger partial charge in [-0.15, -0.1) is 0 Å². The molecule has 0 heterocycles. The Morgan fingerprint density at radius 2 is 1.50 bits per heavy atom. The fourth-order valence-electron chi connectivity index (χ4n) is 3.30. The third-order valence-electron chi connectivity index (χ3n) is 4.95. The average molecular weight is 489 g/mol. The molecule has 0 radical (unpaired) electrons. The van der Waals surface area contributed by atoms with E-state index in [1.165, 1.54) is 7.05 Å². The lowest BCUT2D eigenvalue weighted by Crippen LogP contribution is -2.54. The van der Waals surface area contributed by atoms with Gasteiger partial charge in [0.05, 0.1) is 5.75 Å². The number of rotatable bonds is 13. The Bertz CT molecular complexity index is 1060. The summed E-state index contributed by atoms with van der Waals surface area (Å²) in [5.74, 6) is -1.36. The predicted molar refractivity (Wildman–Crippen MR) is 132 cm³/mol. The molecule has 0 aliphatic heterocycles. The van der Waals surface area contributed by atoms with E-state index >= 15 is 0 Å². The summed E-state index contributed by atoms with van der Waals surface area (Å²) in [4.78, 5) is 29.4. The summed E-state index contributed by atoms with van der Waals surface area (Å²) >= 11 is 0. The summed E-state index contributed by atoms with van der Waals surface area (Å²) in [7, 11) is -2.38. The molecule has 2 amide bonds. The van der Waals surface area contributed by atoms with E-state index in [4.69, 9.17) is 11.5 Å². The Balaban J connectivity index is 2.16. The number of carbonyl (C=O) groups excluding carboxylic acids is 2. The first-order chi connectivity index (χ1) is 16.2. The van der Waals surface area contributed by atoms with Crippen molar-refractivity contribution in [3.63, 3.8) is 0 Å². The zero-order valence-electron chi connectivity index (χ0n) is 19.1. The topological polar surface area (TPSA) is 169 Å². The number of guanidine groups is 1. The molecule has 0 saturated heterocycles. The lowest BCUT2D eigenvalue weighted by Gasteiger charge is -2.23. The zero-order valence-corrected chi connectivity index (χ0v) is 19.9. The molecular formula is C23H32N6O4S. The van der Waals surface area contributed by atoms with Gasteiger partial charge in [-0.25, -0.2) is 13.1 Å². The van der Waals surface area contributed by atoms with Crippen LogP contribution in [0.4, 0.5) is 0 Å². The Kier molecular flexibility index (Phi) is 10.5. The van der Waals surface area contributed by atoms with E-state index in [9.17, 15) is 18.0 Å². The van der Waals surface area contributed by atoms with Gasteiger partial charge in [0, 0.05) is 20.0 Å². The summed E-state index contributed by atoms with van der Waals surface area (Å²) in [5, 5.41) is 5.23. The number of sulfonamides is 1. The van der Waals surface area contributed by atoms with Crippen molar-refractivity contribution in [2.45, 2.75) is 37.1 Å². The van der Waals surface area contributed by atoms with Gasteiger partial charge in [0.15, 0.2) is 5.96 Å². The van der Waals surface area contributed by atoms with Gasteiger partial charge < -0.3 is 22.1 Å². The molecule has 0 saturated carbocycles. The quantitative estimate of drug-likeness (QED) is 0.151. The molecule has 1 unspecified atom stereocenters. The summed E-state index contributed by atoms with van der Waals surface area (Å²) in [6.45, 7) is 0.232. The first-order valence-electron chi connectivity index (χ1n) is 10.9. The van der Waals surface area contributed by atoms with Crippen molar-refractivity contribution in [2.75, 3.05) is 13.6 Å². The lowest BCUT2D eigenvalue weighted by atomic mass is 10.0. The second kappa shape index (κ2) is 13.3. The van der Waals surface area contributed by atoms with Crippen LogP contribution in [0.1, 0.15) is 24.0 Å². The molecule has 7 N–H and O–H groups in total. The Morgan fingerprint density at radius 1 is 0.912 bits per heavy atom. The number of amides is 2. The Morgan fingerprint density at radius 3 is 2.06 bits per heavy atom. The summed E-state index contributed by atoms with van der Waals surface area (Å²) in [6, 6.07) is 15.9. The van der Waals surface area contributed by atoms with Crippen LogP contribution in [0.3, 0.4) is 0 Å². The number of nitrogens with one attached hydrogen (secondary N) is 3. The summed E-state index contributed by atoms with van der Waals surface area (Å²) in [5.41, 5.74) is 12.1. The van der Waals surface area contributed by atoms with Gasteiger partial charge in [0.1, 0.15) is 12.1 Å². The van der Waals surface area contributed by atoms with Crippen molar-refractivity contribution >= 4 is 27.8 Å². The number of hydrogen-bond acceptors (Lipinski definition) is 5. The highest BCUT2D eigenvalue weighted by atomic mass is 32.2. The fraction of sp³-hybridized carbons (Fsp3) is 0.348. The minimum Gasteiger partial charge on any atom is -0.370 e. The van der Waals surface area contributed by atoms with Crippen molar-refractivity contribution in [1.82, 2.24) is 15.4 Å². The van der Waals surface area contributed by atoms with Crippen molar-refractivity contribution in [3.8, 4) is 0 Å². The number of aliphatic imine (C=N–C) groups is 1. The molecule has 0 aliphatic carbocycles. The molecule has 2 aromatic rings. The van der Waals surface area contributed by atoms with Crippen LogP contribution >= 0.6 is 0 Å². The Labute approximate surface area is 200 Å². The maximum atomic E-state index is 13.1. The molecule has 2 rings (SSSR count). The molecule has 0 bridgehead atoms. The summed E-state index contributed by atoms with van der Waals surface area (Å²) in [6.07, 6.45) is 0.749. The molecule has 0 spiro atoms. The first kappa shape index (κ1) is 26.8. The van der Waals surface area contributed by atoms with Crippen molar-refractivity contribution < 1.29 is 18.0 Å². The molecular weight excluding hydrogens is 456 g/mol. The molecule has 0 aliphatic rings. The number of nitrogens with zero attached hydrogens (tertiary/aromatic N) is 1. The van der Waals surface area contributed by atoms with E-state index in [1.807, 2.05) is 30.3 Å². The highest BCUT2D eigenvalue weighted by molar-refractivity contribution is 7.88. The second-order valence-corrected chi connectivity index (χ2v) is 9.48. The predicted octanol–water partition coefficient (Wildman–Crippen LogP) is 0.00170. The van der Waals surface area contributed by atoms with E-state index in [0.29, 0.717) is 12.0 Å². The number of nitrogens with two attached hydrogens (primary N) is 2. The van der Waals surface area contributed by atoms with Crippen molar-refractivity contribution in [3.05, 3.63) is 71.8 Å². The number of carbonyl (C=O) groups is 2. The largest absolute Gasteiger partial charge is 0.370 e. The normalized spacial score (nSPS) is 12.9. The zero-order chi connectivity index (χ0) is 25.0. The van der Waals surface area contributed by atoms with E-state index in [0.717, 1.165) is 5.56 Å². The van der Waals surface area contributed by atoms with E-state index in [1.54, 1.807) is 30.3 Å². The van der Waals surface area contributed by atoms with Gasteiger partial charge >= 0.3 is 0 Å². The second-order valence-electron chi connectivity index (χ2n) is 7.73. The van der Waals surface area contributed by atoms with Crippen LogP contribution in [-0.4, -0.2) is 51.9 Å². The van der Waals surface area contributed by atoms with Gasteiger partial charge in [0.25, 0.3) is 0 Å². The van der Waals surface area contributed by atoms with Crippen LogP contribution in [0, 0.1) is 0 Å².